The molecular formula is C15H16FN3. The van der Waals surface area contributed by atoms with Crippen LogP contribution >= 0.6 is 0 Å². The van der Waals surface area contributed by atoms with Gasteiger partial charge in [0, 0.05) is 18.9 Å². The van der Waals surface area contributed by atoms with Crippen molar-refractivity contribution in [3.8, 4) is 0 Å². The quantitative estimate of drug-likeness (QED) is 0.780. The third-order valence-electron chi connectivity index (χ3n) is 3.71. The number of pyridine rings is 1. The smallest absolute Gasteiger partial charge is 0.153 e. The summed E-state index contributed by atoms with van der Waals surface area (Å²) < 4.78 is 13.3. The van der Waals surface area contributed by atoms with E-state index in [-0.39, 0.29) is 12.0 Å². The lowest BCUT2D eigenvalue weighted by Gasteiger charge is -2.28. The normalized spacial score (nSPS) is 17.8. The highest BCUT2D eigenvalue weighted by Crippen LogP contribution is 2.42. The largest absolute Gasteiger partial charge is 0.337 e. The van der Waals surface area contributed by atoms with Crippen molar-refractivity contribution in [2.75, 3.05) is 16.8 Å². The van der Waals surface area contributed by atoms with Gasteiger partial charge < -0.3 is 9.80 Å². The highest BCUT2D eigenvalue weighted by Gasteiger charge is 2.32. The molecule has 4 heteroatoms. The average Bonchev–Trinajstić information content (AvgIpc) is 2.64. The Morgan fingerprint density at radius 2 is 2.00 bits per heavy atom. The standard InChI is InChI=1S/C15H16FN3/c1-10-9-12(16)6-7-13(10)19-11(2)18(3)15-14(19)5-4-8-17-15/h4-9,11H,1-3H3/t11-/m0/s1. The van der Waals surface area contributed by atoms with Crippen molar-refractivity contribution in [2.24, 2.45) is 0 Å². The van der Waals surface area contributed by atoms with E-state index in [0.717, 1.165) is 22.8 Å². The van der Waals surface area contributed by atoms with Crippen LogP contribution in [0.4, 0.5) is 21.6 Å². The van der Waals surface area contributed by atoms with Crippen LogP contribution in [0.25, 0.3) is 0 Å². The number of nitrogens with zero attached hydrogens (tertiary/aromatic N) is 3. The third kappa shape index (κ3) is 1.75. The fraction of sp³-hybridized carbons (Fsp3) is 0.267. The molecule has 0 saturated carbocycles. The van der Waals surface area contributed by atoms with Crippen LogP contribution in [0.1, 0.15) is 12.5 Å². The number of hydrogen-bond donors (Lipinski definition) is 0. The number of aromatic nitrogens is 1. The topological polar surface area (TPSA) is 19.4 Å². The Bertz CT molecular complexity index is 627. The Balaban J connectivity index is 2.15. The van der Waals surface area contributed by atoms with E-state index in [2.05, 4.69) is 21.7 Å². The maximum atomic E-state index is 13.3. The molecule has 3 rings (SSSR count). The van der Waals surface area contributed by atoms with E-state index >= 15 is 0 Å². The number of aryl methyl sites for hydroxylation is 1. The molecule has 0 radical (unpaired) electrons. The molecule has 0 fully saturated rings. The minimum atomic E-state index is -0.201. The van der Waals surface area contributed by atoms with Gasteiger partial charge in [0.05, 0.1) is 5.69 Å². The summed E-state index contributed by atoms with van der Waals surface area (Å²) in [6.07, 6.45) is 1.96. The lowest BCUT2D eigenvalue weighted by Crippen LogP contribution is -2.36. The molecule has 0 bridgehead atoms. The van der Waals surface area contributed by atoms with Gasteiger partial charge in [-0.05, 0) is 49.7 Å². The van der Waals surface area contributed by atoms with Crippen LogP contribution in [0, 0.1) is 12.7 Å². The van der Waals surface area contributed by atoms with Crippen molar-refractivity contribution in [1.29, 1.82) is 0 Å². The second-order valence-corrected chi connectivity index (χ2v) is 4.89. The van der Waals surface area contributed by atoms with Gasteiger partial charge in [0.1, 0.15) is 12.0 Å². The summed E-state index contributed by atoms with van der Waals surface area (Å²) in [7, 11) is 2.02. The van der Waals surface area contributed by atoms with E-state index in [0.29, 0.717) is 0 Å². The summed E-state index contributed by atoms with van der Waals surface area (Å²) in [5.41, 5.74) is 3.01. The van der Waals surface area contributed by atoms with Crippen molar-refractivity contribution >= 4 is 17.2 Å². The van der Waals surface area contributed by atoms with Crippen LogP contribution < -0.4 is 9.80 Å². The number of rotatable bonds is 1. The van der Waals surface area contributed by atoms with E-state index in [1.54, 1.807) is 12.3 Å². The fourth-order valence-electron chi connectivity index (χ4n) is 2.62. The Morgan fingerprint density at radius 3 is 2.74 bits per heavy atom. The van der Waals surface area contributed by atoms with Crippen molar-refractivity contribution in [1.82, 2.24) is 4.98 Å². The minimum Gasteiger partial charge on any atom is -0.337 e. The molecule has 0 N–H and O–H groups in total. The van der Waals surface area contributed by atoms with Gasteiger partial charge in [-0.3, -0.25) is 0 Å². The van der Waals surface area contributed by atoms with E-state index in [9.17, 15) is 4.39 Å². The molecule has 0 saturated heterocycles. The van der Waals surface area contributed by atoms with Gasteiger partial charge in [0.25, 0.3) is 0 Å². The molecule has 1 aliphatic rings. The summed E-state index contributed by atoms with van der Waals surface area (Å²) in [5, 5.41) is 0. The number of anilines is 3. The van der Waals surface area contributed by atoms with Crippen molar-refractivity contribution in [2.45, 2.75) is 20.0 Å². The molecule has 1 atom stereocenters. The van der Waals surface area contributed by atoms with E-state index in [4.69, 9.17) is 0 Å². The Kier molecular flexibility index (Phi) is 2.66. The monoisotopic (exact) mass is 257 g/mol. The van der Waals surface area contributed by atoms with Gasteiger partial charge in [-0.15, -0.1) is 0 Å². The first kappa shape index (κ1) is 12.0. The predicted octanol–water partition coefficient (Wildman–Crippen LogP) is 3.46. The van der Waals surface area contributed by atoms with Gasteiger partial charge in [-0.2, -0.15) is 0 Å². The SMILES string of the molecule is Cc1cc(F)ccc1N1c2cccnc2N(C)[C@@H]1C. The molecule has 2 aromatic rings. The molecule has 0 aliphatic carbocycles. The van der Waals surface area contributed by atoms with Gasteiger partial charge in [-0.25, -0.2) is 9.37 Å². The van der Waals surface area contributed by atoms with E-state index in [1.807, 2.05) is 32.2 Å². The second kappa shape index (κ2) is 4.23. The zero-order valence-electron chi connectivity index (χ0n) is 11.3. The fourth-order valence-corrected chi connectivity index (χ4v) is 2.62. The van der Waals surface area contributed by atoms with Crippen LogP contribution in [-0.4, -0.2) is 18.2 Å². The molecule has 2 heterocycles. The molecule has 3 nitrogen and oxygen atoms in total. The lowest BCUT2D eigenvalue weighted by molar-refractivity contribution is 0.626. The van der Waals surface area contributed by atoms with Gasteiger partial charge in [0.2, 0.25) is 0 Å². The number of halogens is 1. The first-order valence-corrected chi connectivity index (χ1v) is 6.33. The second-order valence-electron chi connectivity index (χ2n) is 4.89. The molecule has 19 heavy (non-hydrogen) atoms. The summed E-state index contributed by atoms with van der Waals surface area (Å²) in [5.74, 6) is 0.756. The maximum Gasteiger partial charge on any atom is 0.153 e. The molecule has 1 aromatic heterocycles. The Labute approximate surface area is 112 Å². The highest BCUT2D eigenvalue weighted by atomic mass is 19.1. The molecule has 0 amide bonds. The molecule has 0 spiro atoms. The van der Waals surface area contributed by atoms with Crippen molar-refractivity contribution in [3.05, 3.63) is 47.9 Å². The third-order valence-corrected chi connectivity index (χ3v) is 3.71. The van der Waals surface area contributed by atoms with Crippen LogP contribution in [0.5, 0.6) is 0 Å². The lowest BCUT2D eigenvalue weighted by atomic mass is 10.1. The minimum absolute atomic E-state index is 0.161. The summed E-state index contributed by atoms with van der Waals surface area (Å²) in [6, 6.07) is 8.87. The number of benzene rings is 1. The van der Waals surface area contributed by atoms with Crippen molar-refractivity contribution in [3.63, 3.8) is 0 Å². The van der Waals surface area contributed by atoms with Gasteiger partial charge in [0.15, 0.2) is 5.82 Å². The van der Waals surface area contributed by atoms with E-state index in [1.165, 1.54) is 6.07 Å². The van der Waals surface area contributed by atoms with Crippen LogP contribution in [0.3, 0.4) is 0 Å². The maximum absolute atomic E-state index is 13.3. The Morgan fingerprint density at radius 1 is 1.21 bits per heavy atom. The zero-order valence-corrected chi connectivity index (χ0v) is 11.3. The van der Waals surface area contributed by atoms with Gasteiger partial charge in [-0.1, -0.05) is 0 Å². The molecule has 1 aromatic carbocycles. The average molecular weight is 257 g/mol. The number of hydrogen-bond acceptors (Lipinski definition) is 3. The molecule has 0 unspecified atom stereocenters. The first-order chi connectivity index (χ1) is 9.09. The molecular weight excluding hydrogens is 241 g/mol. The number of fused-ring (bicyclic) bond motifs is 1. The van der Waals surface area contributed by atoms with Gasteiger partial charge >= 0.3 is 0 Å². The van der Waals surface area contributed by atoms with E-state index < -0.39 is 0 Å². The van der Waals surface area contributed by atoms with Crippen LogP contribution in [0.2, 0.25) is 0 Å². The van der Waals surface area contributed by atoms with Crippen LogP contribution in [-0.2, 0) is 0 Å². The molecule has 1 aliphatic heterocycles. The summed E-state index contributed by atoms with van der Waals surface area (Å²) in [6.45, 7) is 4.05. The predicted molar refractivity (Wildman–Crippen MR) is 75.4 cm³/mol. The zero-order chi connectivity index (χ0) is 13.6. The Hall–Kier alpha value is -2.10. The molecule has 98 valence electrons. The summed E-state index contributed by atoms with van der Waals surface area (Å²) in [4.78, 5) is 8.74. The summed E-state index contributed by atoms with van der Waals surface area (Å²) >= 11 is 0. The first-order valence-electron chi connectivity index (χ1n) is 6.33. The van der Waals surface area contributed by atoms with Crippen molar-refractivity contribution < 1.29 is 4.39 Å². The van der Waals surface area contributed by atoms with Crippen LogP contribution in [0.15, 0.2) is 36.5 Å². The highest BCUT2D eigenvalue weighted by molar-refractivity contribution is 5.81.